The predicted molar refractivity (Wildman–Crippen MR) is 105 cm³/mol. The second-order valence-corrected chi connectivity index (χ2v) is 8.06. The quantitative estimate of drug-likeness (QED) is 0.600. The molecule has 1 aromatic heterocycles. The van der Waals surface area contributed by atoms with E-state index in [2.05, 4.69) is 21.5 Å². The van der Waals surface area contributed by atoms with Crippen LogP contribution < -0.4 is 9.46 Å². The third-order valence-electron chi connectivity index (χ3n) is 3.59. The number of hydrogen-bond acceptors (Lipinski definition) is 6. The van der Waals surface area contributed by atoms with Crippen LogP contribution in [0.3, 0.4) is 0 Å². The van der Waals surface area contributed by atoms with Gasteiger partial charge in [-0.25, -0.2) is 14.2 Å². The molecule has 3 aromatic rings. The van der Waals surface area contributed by atoms with Crippen molar-refractivity contribution >= 4 is 33.0 Å². The van der Waals surface area contributed by atoms with E-state index in [1.54, 1.807) is 6.07 Å². The molecule has 2 aromatic carbocycles. The first kappa shape index (κ1) is 20.3. The molecule has 0 saturated heterocycles. The Hall–Kier alpha value is -3.42. The number of carboxylic acids is 1. The zero-order chi connectivity index (χ0) is 21.0. The number of sulfonamides is 1. The van der Waals surface area contributed by atoms with E-state index in [-0.39, 0.29) is 27.0 Å². The molecule has 3 rings (SSSR count). The number of carbonyl (C=O) groups is 1. The number of aromatic nitrogens is 1. The van der Waals surface area contributed by atoms with Gasteiger partial charge in [0, 0.05) is 10.9 Å². The number of aromatic carboxylic acids is 1. The number of carboxylic acid groups (broad SMARTS) is 1. The van der Waals surface area contributed by atoms with Crippen molar-refractivity contribution in [1.82, 2.24) is 4.98 Å². The van der Waals surface area contributed by atoms with E-state index in [1.807, 2.05) is 0 Å². The van der Waals surface area contributed by atoms with Gasteiger partial charge < -0.3 is 9.84 Å². The van der Waals surface area contributed by atoms with Crippen molar-refractivity contribution in [2.24, 2.45) is 0 Å². The van der Waals surface area contributed by atoms with Crippen molar-refractivity contribution in [3.05, 3.63) is 69.8 Å². The lowest BCUT2D eigenvalue weighted by Gasteiger charge is -2.11. The first-order valence-corrected chi connectivity index (χ1v) is 10.3. The van der Waals surface area contributed by atoms with Crippen LogP contribution in [0.5, 0.6) is 5.75 Å². The maximum atomic E-state index is 13.2. The van der Waals surface area contributed by atoms with Crippen molar-refractivity contribution in [1.29, 1.82) is 0 Å². The maximum Gasteiger partial charge on any atom is 0.335 e. The van der Waals surface area contributed by atoms with Crippen molar-refractivity contribution in [3.63, 3.8) is 0 Å². The number of thiazole rings is 1. The molecule has 0 amide bonds. The minimum Gasteiger partial charge on any atom is -0.495 e. The Morgan fingerprint density at radius 3 is 2.72 bits per heavy atom. The van der Waals surface area contributed by atoms with Crippen molar-refractivity contribution in [2.75, 3.05) is 11.8 Å². The molecule has 0 aliphatic rings. The van der Waals surface area contributed by atoms with Crippen LogP contribution >= 0.6 is 11.3 Å². The van der Waals surface area contributed by atoms with Crippen LogP contribution in [0.2, 0.25) is 0 Å². The summed E-state index contributed by atoms with van der Waals surface area (Å²) in [6.07, 6.45) is 0. The highest BCUT2D eigenvalue weighted by molar-refractivity contribution is 7.92. The van der Waals surface area contributed by atoms with E-state index in [0.29, 0.717) is 5.56 Å². The van der Waals surface area contributed by atoms with Crippen LogP contribution in [-0.4, -0.2) is 31.6 Å². The highest BCUT2D eigenvalue weighted by Crippen LogP contribution is 2.28. The summed E-state index contributed by atoms with van der Waals surface area (Å²) in [6.45, 7) is 0. The van der Waals surface area contributed by atoms with Gasteiger partial charge in [-0.1, -0.05) is 12.0 Å². The lowest BCUT2D eigenvalue weighted by Crippen LogP contribution is -2.14. The second kappa shape index (κ2) is 8.30. The normalized spacial score (nSPS) is 10.7. The summed E-state index contributed by atoms with van der Waals surface area (Å²) in [5.74, 6) is 3.87. The number of rotatable bonds is 5. The first-order valence-electron chi connectivity index (χ1n) is 7.96. The van der Waals surface area contributed by atoms with Crippen molar-refractivity contribution in [3.8, 4) is 17.6 Å². The Morgan fingerprint density at radius 2 is 2.03 bits per heavy atom. The van der Waals surface area contributed by atoms with Crippen LogP contribution in [0.15, 0.2) is 52.9 Å². The van der Waals surface area contributed by atoms with Crippen LogP contribution in [-0.2, 0) is 10.0 Å². The van der Waals surface area contributed by atoms with Gasteiger partial charge in [0.1, 0.15) is 11.6 Å². The molecule has 0 bridgehead atoms. The summed E-state index contributed by atoms with van der Waals surface area (Å²) in [5, 5.41) is 10.3. The molecular weight excluding hydrogens is 419 g/mol. The summed E-state index contributed by atoms with van der Waals surface area (Å²) < 4.78 is 45.7. The number of methoxy groups -OCH3 is 1. The number of halogens is 1. The molecule has 29 heavy (non-hydrogen) atoms. The topological polar surface area (TPSA) is 106 Å². The van der Waals surface area contributed by atoms with E-state index in [9.17, 15) is 17.6 Å². The summed E-state index contributed by atoms with van der Waals surface area (Å²) in [5.41, 5.74) is 0.456. The van der Waals surface area contributed by atoms with Gasteiger partial charge in [-0.2, -0.15) is 8.42 Å². The highest BCUT2D eigenvalue weighted by atomic mass is 32.2. The molecule has 1 heterocycles. The molecule has 7 nitrogen and oxygen atoms in total. The maximum absolute atomic E-state index is 13.2. The van der Waals surface area contributed by atoms with E-state index in [1.165, 1.54) is 48.9 Å². The Bertz CT molecular complexity index is 1240. The average Bonchev–Trinajstić information content (AvgIpc) is 3.16. The molecular formula is C19H13FN2O5S2. The van der Waals surface area contributed by atoms with Gasteiger partial charge >= 0.3 is 5.97 Å². The van der Waals surface area contributed by atoms with Crippen LogP contribution in [0.1, 0.15) is 20.9 Å². The second-order valence-electron chi connectivity index (χ2n) is 5.58. The molecule has 0 aliphatic carbocycles. The summed E-state index contributed by atoms with van der Waals surface area (Å²) in [7, 11) is -2.76. The highest BCUT2D eigenvalue weighted by Gasteiger charge is 2.20. The van der Waals surface area contributed by atoms with Gasteiger partial charge in [-0.15, -0.1) is 11.3 Å². The molecule has 0 aliphatic heterocycles. The Morgan fingerprint density at radius 1 is 1.24 bits per heavy atom. The monoisotopic (exact) mass is 432 g/mol. The number of ether oxygens (including phenoxy) is 1. The smallest absolute Gasteiger partial charge is 0.335 e. The summed E-state index contributed by atoms with van der Waals surface area (Å²) in [6, 6.07) is 9.43. The van der Waals surface area contributed by atoms with Gasteiger partial charge in [0.2, 0.25) is 0 Å². The lowest BCUT2D eigenvalue weighted by molar-refractivity contribution is 0.0696. The minimum absolute atomic E-state index is 0.0478. The molecule has 0 spiro atoms. The number of nitrogens with one attached hydrogen (secondary N) is 1. The van der Waals surface area contributed by atoms with Crippen molar-refractivity contribution < 1.29 is 27.4 Å². The number of nitrogens with zero attached hydrogens (tertiary/aromatic N) is 1. The lowest BCUT2D eigenvalue weighted by atomic mass is 10.2. The molecule has 0 saturated carbocycles. The van der Waals surface area contributed by atoms with Gasteiger partial charge in [0.05, 0.1) is 18.4 Å². The number of anilines is 1. The molecule has 148 valence electrons. The number of benzene rings is 2. The van der Waals surface area contributed by atoms with E-state index in [4.69, 9.17) is 9.84 Å². The molecule has 0 atom stereocenters. The number of hydrogen-bond donors (Lipinski definition) is 2. The van der Waals surface area contributed by atoms with Crippen LogP contribution in [0, 0.1) is 17.7 Å². The fourth-order valence-corrected chi connectivity index (χ4v) is 4.25. The van der Waals surface area contributed by atoms with Crippen molar-refractivity contribution in [2.45, 2.75) is 5.03 Å². The van der Waals surface area contributed by atoms with Gasteiger partial charge in [0.15, 0.2) is 10.0 Å². The zero-order valence-corrected chi connectivity index (χ0v) is 16.5. The largest absolute Gasteiger partial charge is 0.495 e. The van der Waals surface area contributed by atoms with Crippen LogP contribution in [0.25, 0.3) is 0 Å². The molecule has 0 unspecified atom stereocenters. The molecule has 10 heteroatoms. The zero-order valence-electron chi connectivity index (χ0n) is 14.8. The van der Waals surface area contributed by atoms with E-state index < -0.39 is 21.8 Å². The molecule has 0 fully saturated rings. The Labute approximate surface area is 169 Å². The average molecular weight is 432 g/mol. The SMILES string of the molecule is COc1cc(C(=O)O)ccc1NS(=O)(=O)c1csc(C#Cc2cccc(F)c2)n1. The standard InChI is InChI=1S/C19H13FN2O5S2/c1-27-16-10-13(19(23)24)6-7-15(16)22-29(25,26)18-11-28-17(21-18)8-5-12-3-2-4-14(20)9-12/h2-4,6-7,9-11,22H,1H3,(H,23,24). The first-order chi connectivity index (χ1) is 13.8. The Balaban J connectivity index is 1.84. The minimum atomic E-state index is -4.05. The van der Waals surface area contributed by atoms with Gasteiger partial charge in [-0.3, -0.25) is 4.72 Å². The fourth-order valence-electron chi connectivity index (χ4n) is 2.24. The molecule has 2 N–H and O–H groups in total. The predicted octanol–water partition coefficient (Wildman–Crippen LogP) is 3.19. The third kappa shape index (κ3) is 4.90. The van der Waals surface area contributed by atoms with Crippen LogP contribution in [0.4, 0.5) is 10.1 Å². The molecule has 0 radical (unpaired) electrons. The van der Waals surface area contributed by atoms with E-state index >= 15 is 0 Å². The van der Waals surface area contributed by atoms with Gasteiger partial charge in [-0.05, 0) is 42.3 Å². The summed E-state index contributed by atoms with van der Waals surface area (Å²) >= 11 is 1.02. The third-order valence-corrected chi connectivity index (χ3v) is 5.74. The fraction of sp³-hybridized carbons (Fsp3) is 0.0526. The van der Waals surface area contributed by atoms with E-state index in [0.717, 1.165) is 11.3 Å². The summed E-state index contributed by atoms with van der Waals surface area (Å²) in [4.78, 5) is 15.0. The Kier molecular flexibility index (Phi) is 5.81. The van der Waals surface area contributed by atoms with Gasteiger partial charge in [0.25, 0.3) is 10.0 Å².